The van der Waals surface area contributed by atoms with E-state index in [1.165, 1.54) is 22.7 Å². The standard InChI is InChI=1S/C24H26N4O/c1-28(27-21-9-3-2-4-10-21)24(29)20-14-12-18(13-15-20)17-26-22-11-5-7-19-8-6-16-25-23(19)22/h2-4,6,8-10,12-16,22,26-27H,5,7,11,17H2,1H3. The monoisotopic (exact) mass is 386 g/mol. The number of aryl methyl sites for hydroxylation is 1. The highest BCUT2D eigenvalue weighted by molar-refractivity contribution is 5.94. The van der Waals surface area contributed by atoms with Crippen LogP contribution < -0.4 is 10.7 Å². The molecule has 4 rings (SSSR count). The number of fused-ring (bicyclic) bond motifs is 1. The maximum atomic E-state index is 12.6. The first kappa shape index (κ1) is 19.2. The van der Waals surface area contributed by atoms with E-state index >= 15 is 0 Å². The lowest BCUT2D eigenvalue weighted by atomic mass is 9.92. The summed E-state index contributed by atoms with van der Waals surface area (Å²) in [5.74, 6) is -0.0706. The molecule has 0 aliphatic heterocycles. The minimum absolute atomic E-state index is 0.0706. The second-order valence-corrected chi connectivity index (χ2v) is 7.41. The van der Waals surface area contributed by atoms with Crippen LogP contribution in [-0.4, -0.2) is 22.9 Å². The average molecular weight is 386 g/mol. The van der Waals surface area contributed by atoms with Crippen molar-refractivity contribution in [2.45, 2.75) is 31.8 Å². The molecule has 0 spiro atoms. The maximum Gasteiger partial charge on any atom is 0.271 e. The lowest BCUT2D eigenvalue weighted by Gasteiger charge is -2.25. The number of aromatic nitrogens is 1. The van der Waals surface area contributed by atoms with Gasteiger partial charge in [-0.2, -0.15) is 0 Å². The van der Waals surface area contributed by atoms with Crippen LogP contribution in [0.15, 0.2) is 72.9 Å². The Labute approximate surface area is 171 Å². The zero-order valence-electron chi connectivity index (χ0n) is 16.6. The van der Waals surface area contributed by atoms with E-state index in [1.54, 1.807) is 7.05 Å². The molecule has 3 aromatic rings. The number of nitrogens with one attached hydrogen (secondary N) is 2. The Morgan fingerprint density at radius 1 is 1.07 bits per heavy atom. The van der Waals surface area contributed by atoms with Gasteiger partial charge in [0, 0.05) is 25.4 Å². The van der Waals surface area contributed by atoms with Gasteiger partial charge in [-0.15, -0.1) is 0 Å². The molecule has 0 saturated carbocycles. The van der Waals surface area contributed by atoms with Gasteiger partial charge < -0.3 is 5.32 Å². The number of nitrogens with zero attached hydrogens (tertiary/aromatic N) is 2. The van der Waals surface area contributed by atoms with Crippen LogP contribution in [0.3, 0.4) is 0 Å². The van der Waals surface area contributed by atoms with Gasteiger partial charge in [-0.25, -0.2) is 0 Å². The molecule has 1 atom stereocenters. The second kappa shape index (κ2) is 8.88. The van der Waals surface area contributed by atoms with E-state index in [2.05, 4.69) is 21.8 Å². The van der Waals surface area contributed by atoms with E-state index in [0.29, 0.717) is 11.6 Å². The number of hydrogen-bond acceptors (Lipinski definition) is 4. The highest BCUT2D eigenvalue weighted by Crippen LogP contribution is 2.27. The molecule has 1 heterocycles. The van der Waals surface area contributed by atoms with E-state index in [1.807, 2.05) is 66.9 Å². The number of carbonyl (C=O) groups is 1. The van der Waals surface area contributed by atoms with Crippen molar-refractivity contribution in [3.05, 3.63) is 95.3 Å². The summed E-state index contributed by atoms with van der Waals surface area (Å²) in [6, 6.07) is 21.9. The fraction of sp³-hybridized carbons (Fsp3) is 0.250. The molecule has 0 saturated heterocycles. The van der Waals surface area contributed by atoms with Gasteiger partial charge in [-0.3, -0.25) is 20.2 Å². The minimum Gasteiger partial charge on any atom is -0.305 e. The normalized spacial score (nSPS) is 15.4. The summed E-state index contributed by atoms with van der Waals surface area (Å²) in [6.45, 7) is 0.757. The van der Waals surface area contributed by atoms with Crippen molar-refractivity contribution in [1.82, 2.24) is 15.3 Å². The van der Waals surface area contributed by atoms with Crippen LogP contribution >= 0.6 is 0 Å². The highest BCUT2D eigenvalue weighted by Gasteiger charge is 2.20. The van der Waals surface area contributed by atoms with Crippen molar-refractivity contribution in [1.29, 1.82) is 0 Å². The first-order chi connectivity index (χ1) is 14.2. The number of para-hydroxylation sites is 1. The van der Waals surface area contributed by atoms with Gasteiger partial charge in [0.15, 0.2) is 0 Å². The zero-order valence-corrected chi connectivity index (χ0v) is 16.6. The van der Waals surface area contributed by atoms with Gasteiger partial charge in [0.2, 0.25) is 0 Å². The van der Waals surface area contributed by atoms with Gasteiger partial charge >= 0.3 is 0 Å². The summed E-state index contributed by atoms with van der Waals surface area (Å²) in [5.41, 5.74) is 8.32. The molecular formula is C24H26N4O. The Hall–Kier alpha value is -3.18. The van der Waals surface area contributed by atoms with Crippen molar-refractivity contribution in [2.24, 2.45) is 0 Å². The van der Waals surface area contributed by atoms with Crippen LogP contribution in [0.2, 0.25) is 0 Å². The first-order valence-corrected chi connectivity index (χ1v) is 10.1. The Morgan fingerprint density at radius 2 is 1.86 bits per heavy atom. The lowest BCUT2D eigenvalue weighted by Crippen LogP contribution is -2.32. The molecule has 0 fully saturated rings. The molecule has 5 heteroatoms. The topological polar surface area (TPSA) is 57.3 Å². The van der Waals surface area contributed by atoms with Crippen LogP contribution in [0.1, 0.15) is 46.1 Å². The molecule has 2 N–H and O–H groups in total. The third-order valence-electron chi connectivity index (χ3n) is 5.32. The SMILES string of the molecule is CN(Nc1ccccc1)C(=O)c1ccc(CNC2CCCc3cccnc32)cc1. The summed E-state index contributed by atoms with van der Waals surface area (Å²) < 4.78 is 0. The van der Waals surface area contributed by atoms with Crippen LogP contribution in [0.5, 0.6) is 0 Å². The summed E-state index contributed by atoms with van der Waals surface area (Å²) >= 11 is 0. The van der Waals surface area contributed by atoms with Crippen LogP contribution in [0.25, 0.3) is 0 Å². The number of amides is 1. The largest absolute Gasteiger partial charge is 0.305 e. The van der Waals surface area contributed by atoms with Crippen LogP contribution in [-0.2, 0) is 13.0 Å². The smallest absolute Gasteiger partial charge is 0.271 e. The van der Waals surface area contributed by atoms with Gasteiger partial charge in [0.25, 0.3) is 5.91 Å². The number of carbonyl (C=O) groups excluding carboxylic acids is 1. The Kier molecular flexibility index (Phi) is 5.86. The molecule has 1 amide bonds. The summed E-state index contributed by atoms with van der Waals surface area (Å²) in [4.78, 5) is 17.2. The van der Waals surface area contributed by atoms with Gasteiger partial charge in [0.05, 0.1) is 17.4 Å². The first-order valence-electron chi connectivity index (χ1n) is 10.1. The number of anilines is 1. The summed E-state index contributed by atoms with van der Waals surface area (Å²) in [6.07, 6.45) is 5.28. The second-order valence-electron chi connectivity index (χ2n) is 7.41. The molecule has 1 unspecified atom stereocenters. The Bertz CT molecular complexity index is 956. The molecule has 0 radical (unpaired) electrons. The Morgan fingerprint density at radius 3 is 2.66 bits per heavy atom. The molecule has 5 nitrogen and oxygen atoms in total. The van der Waals surface area contributed by atoms with Crippen LogP contribution in [0.4, 0.5) is 5.69 Å². The van der Waals surface area contributed by atoms with E-state index in [4.69, 9.17) is 0 Å². The maximum absolute atomic E-state index is 12.6. The summed E-state index contributed by atoms with van der Waals surface area (Å²) in [5, 5.41) is 5.14. The van der Waals surface area contributed by atoms with E-state index in [-0.39, 0.29) is 5.91 Å². The molecule has 0 bridgehead atoms. The quantitative estimate of drug-likeness (QED) is 0.619. The number of rotatable bonds is 6. The van der Waals surface area contributed by atoms with Crippen molar-refractivity contribution >= 4 is 11.6 Å². The highest BCUT2D eigenvalue weighted by atomic mass is 16.2. The van der Waals surface area contributed by atoms with Crippen molar-refractivity contribution in [2.75, 3.05) is 12.5 Å². The van der Waals surface area contributed by atoms with Gasteiger partial charge in [0.1, 0.15) is 0 Å². The number of benzene rings is 2. The molecular weight excluding hydrogens is 360 g/mol. The molecule has 29 heavy (non-hydrogen) atoms. The number of hydrogen-bond donors (Lipinski definition) is 2. The molecule has 1 aromatic heterocycles. The lowest BCUT2D eigenvalue weighted by molar-refractivity contribution is 0.0826. The average Bonchev–Trinajstić information content (AvgIpc) is 2.78. The van der Waals surface area contributed by atoms with Crippen molar-refractivity contribution < 1.29 is 4.79 Å². The van der Waals surface area contributed by atoms with E-state index in [9.17, 15) is 4.79 Å². The molecule has 2 aromatic carbocycles. The third-order valence-corrected chi connectivity index (χ3v) is 5.32. The summed E-state index contributed by atoms with van der Waals surface area (Å²) in [7, 11) is 1.73. The van der Waals surface area contributed by atoms with Crippen LogP contribution in [0, 0.1) is 0 Å². The van der Waals surface area contributed by atoms with Gasteiger partial charge in [-0.1, -0.05) is 36.4 Å². The van der Waals surface area contributed by atoms with Crippen molar-refractivity contribution in [3.63, 3.8) is 0 Å². The fourth-order valence-corrected chi connectivity index (χ4v) is 3.77. The van der Waals surface area contributed by atoms with Crippen molar-refractivity contribution in [3.8, 4) is 0 Å². The predicted octanol–water partition coefficient (Wildman–Crippen LogP) is 4.35. The third kappa shape index (κ3) is 4.63. The predicted molar refractivity (Wildman–Crippen MR) is 115 cm³/mol. The van der Waals surface area contributed by atoms with E-state index < -0.39 is 0 Å². The molecule has 1 aliphatic rings. The fourth-order valence-electron chi connectivity index (χ4n) is 3.77. The molecule has 1 aliphatic carbocycles. The minimum atomic E-state index is -0.0706. The Balaban J connectivity index is 1.35. The number of pyridine rings is 1. The number of hydrazine groups is 1. The van der Waals surface area contributed by atoms with E-state index in [0.717, 1.165) is 30.6 Å². The zero-order chi connectivity index (χ0) is 20.1. The van der Waals surface area contributed by atoms with Gasteiger partial charge in [-0.05, 0) is 60.7 Å². The molecule has 148 valence electrons.